The maximum absolute atomic E-state index is 5.28. The van der Waals surface area contributed by atoms with E-state index in [0.717, 1.165) is 30.0 Å². The summed E-state index contributed by atoms with van der Waals surface area (Å²) >= 11 is 0. The number of rotatable bonds is 4. The van der Waals surface area contributed by atoms with Crippen LogP contribution < -0.4 is 0 Å². The third-order valence-corrected chi connectivity index (χ3v) is 2.34. The molecule has 0 radical (unpaired) electrons. The minimum Gasteiger partial charge on any atom is -0.381 e. The molecule has 2 aromatic rings. The summed E-state index contributed by atoms with van der Waals surface area (Å²) in [7, 11) is 0. The Morgan fingerprint density at radius 1 is 1.47 bits per heavy atom. The summed E-state index contributed by atoms with van der Waals surface area (Å²) < 4.78 is 5.28. The van der Waals surface area contributed by atoms with Gasteiger partial charge in [-0.15, -0.1) is 0 Å². The van der Waals surface area contributed by atoms with Crippen molar-refractivity contribution >= 4 is 11.2 Å². The van der Waals surface area contributed by atoms with Crippen molar-refractivity contribution in [3.63, 3.8) is 0 Å². The quantitative estimate of drug-likeness (QED) is 0.775. The molecule has 2 aromatic heterocycles. The van der Waals surface area contributed by atoms with Gasteiger partial charge in [-0.25, -0.2) is 9.97 Å². The van der Waals surface area contributed by atoms with E-state index < -0.39 is 0 Å². The number of nitrogens with one attached hydrogen (secondary N) is 1. The van der Waals surface area contributed by atoms with E-state index in [0.29, 0.717) is 6.61 Å². The molecule has 2 rings (SSSR count). The Morgan fingerprint density at radius 3 is 3.07 bits per heavy atom. The predicted octanol–water partition coefficient (Wildman–Crippen LogP) is 1.85. The van der Waals surface area contributed by atoms with Crippen molar-refractivity contribution in [1.82, 2.24) is 15.0 Å². The van der Waals surface area contributed by atoms with Crippen molar-refractivity contribution in [3.8, 4) is 0 Å². The van der Waals surface area contributed by atoms with Gasteiger partial charge in [-0.1, -0.05) is 0 Å². The van der Waals surface area contributed by atoms with Crippen molar-refractivity contribution in [2.75, 3.05) is 13.2 Å². The number of fused-ring (bicyclic) bond motifs is 1. The zero-order valence-electron chi connectivity index (χ0n) is 9.08. The standard InChI is InChI=1S/C11H15N3O/c1-3-15-7-5-9-13-10-8(2)4-6-12-11(10)14-9/h4,6H,3,5,7H2,1-2H3,(H,12,13,14). The van der Waals surface area contributed by atoms with Crippen molar-refractivity contribution in [3.05, 3.63) is 23.7 Å². The maximum atomic E-state index is 5.28. The molecule has 0 aliphatic carbocycles. The van der Waals surface area contributed by atoms with Gasteiger partial charge in [0.05, 0.1) is 12.1 Å². The van der Waals surface area contributed by atoms with Crippen molar-refractivity contribution in [1.29, 1.82) is 0 Å². The summed E-state index contributed by atoms with van der Waals surface area (Å²) in [5.74, 6) is 0.945. The SMILES string of the molecule is CCOCCc1nc2nccc(C)c2[nH]1. The molecule has 0 saturated carbocycles. The number of imidazole rings is 1. The Morgan fingerprint density at radius 2 is 2.33 bits per heavy atom. The van der Waals surface area contributed by atoms with E-state index in [1.807, 2.05) is 13.0 Å². The van der Waals surface area contributed by atoms with Crippen LogP contribution in [-0.2, 0) is 11.2 Å². The van der Waals surface area contributed by atoms with Gasteiger partial charge in [0.25, 0.3) is 0 Å². The molecule has 2 heterocycles. The van der Waals surface area contributed by atoms with Crippen LogP contribution >= 0.6 is 0 Å². The molecule has 0 spiro atoms. The molecule has 0 atom stereocenters. The number of hydrogen-bond donors (Lipinski definition) is 1. The second-order valence-electron chi connectivity index (χ2n) is 3.46. The maximum Gasteiger partial charge on any atom is 0.177 e. The molecule has 0 aliphatic heterocycles. The second-order valence-corrected chi connectivity index (χ2v) is 3.46. The van der Waals surface area contributed by atoms with Crippen LogP contribution in [0.3, 0.4) is 0 Å². The molecule has 15 heavy (non-hydrogen) atoms. The number of ether oxygens (including phenoxy) is 1. The topological polar surface area (TPSA) is 50.8 Å². The van der Waals surface area contributed by atoms with Crippen LogP contribution in [0.2, 0.25) is 0 Å². The highest BCUT2D eigenvalue weighted by atomic mass is 16.5. The average molecular weight is 205 g/mol. The fourth-order valence-corrected chi connectivity index (χ4v) is 1.51. The number of H-pyrrole nitrogens is 1. The number of aromatic amines is 1. The van der Waals surface area contributed by atoms with Gasteiger partial charge in [0.2, 0.25) is 0 Å². The van der Waals surface area contributed by atoms with Gasteiger partial charge in [0, 0.05) is 19.2 Å². The van der Waals surface area contributed by atoms with E-state index in [2.05, 4.69) is 21.9 Å². The molecule has 1 N–H and O–H groups in total. The molecular weight excluding hydrogens is 190 g/mol. The first-order chi connectivity index (χ1) is 7.31. The monoisotopic (exact) mass is 205 g/mol. The smallest absolute Gasteiger partial charge is 0.177 e. The summed E-state index contributed by atoms with van der Waals surface area (Å²) in [6.45, 7) is 5.49. The number of hydrogen-bond acceptors (Lipinski definition) is 3. The van der Waals surface area contributed by atoms with Gasteiger partial charge < -0.3 is 9.72 Å². The lowest BCUT2D eigenvalue weighted by Gasteiger charge is -1.96. The number of pyridine rings is 1. The van der Waals surface area contributed by atoms with Gasteiger partial charge in [0.1, 0.15) is 5.82 Å². The van der Waals surface area contributed by atoms with Gasteiger partial charge in [0.15, 0.2) is 5.65 Å². The Labute approximate surface area is 88.7 Å². The number of nitrogens with zero attached hydrogens (tertiary/aromatic N) is 2. The van der Waals surface area contributed by atoms with Crippen LogP contribution in [0, 0.1) is 6.92 Å². The molecule has 0 bridgehead atoms. The highest BCUT2D eigenvalue weighted by Crippen LogP contribution is 2.12. The highest BCUT2D eigenvalue weighted by molar-refractivity contribution is 5.74. The zero-order valence-corrected chi connectivity index (χ0v) is 9.08. The minimum atomic E-state index is 0.704. The van der Waals surface area contributed by atoms with Gasteiger partial charge in [-0.2, -0.15) is 0 Å². The normalized spacial score (nSPS) is 11.1. The summed E-state index contributed by atoms with van der Waals surface area (Å²) in [6.07, 6.45) is 2.59. The van der Waals surface area contributed by atoms with Crippen LogP contribution in [0.1, 0.15) is 18.3 Å². The lowest BCUT2D eigenvalue weighted by atomic mass is 10.3. The lowest BCUT2D eigenvalue weighted by Crippen LogP contribution is -1.99. The number of aryl methyl sites for hydroxylation is 1. The van der Waals surface area contributed by atoms with E-state index in [9.17, 15) is 0 Å². The third-order valence-electron chi connectivity index (χ3n) is 2.34. The van der Waals surface area contributed by atoms with Crippen LogP contribution in [0.15, 0.2) is 12.3 Å². The van der Waals surface area contributed by atoms with Crippen LogP contribution in [0.4, 0.5) is 0 Å². The molecule has 0 amide bonds. The molecule has 0 aliphatic rings. The van der Waals surface area contributed by atoms with Crippen molar-refractivity contribution in [2.24, 2.45) is 0 Å². The predicted molar refractivity (Wildman–Crippen MR) is 58.8 cm³/mol. The van der Waals surface area contributed by atoms with Gasteiger partial charge in [-0.05, 0) is 25.5 Å². The first-order valence-electron chi connectivity index (χ1n) is 5.19. The fourth-order valence-electron chi connectivity index (χ4n) is 1.51. The average Bonchev–Trinajstić information content (AvgIpc) is 2.63. The van der Waals surface area contributed by atoms with Crippen LogP contribution in [-0.4, -0.2) is 28.2 Å². The molecule has 4 nitrogen and oxygen atoms in total. The molecule has 0 saturated heterocycles. The fraction of sp³-hybridized carbons (Fsp3) is 0.455. The van der Waals surface area contributed by atoms with Gasteiger partial charge >= 0.3 is 0 Å². The number of aromatic nitrogens is 3. The molecule has 0 aromatic carbocycles. The summed E-state index contributed by atoms with van der Waals surface area (Å²) in [5.41, 5.74) is 3.00. The Hall–Kier alpha value is -1.42. The minimum absolute atomic E-state index is 0.704. The Bertz CT molecular complexity index is 450. The highest BCUT2D eigenvalue weighted by Gasteiger charge is 2.04. The molecular formula is C11H15N3O. The van der Waals surface area contributed by atoms with Gasteiger partial charge in [-0.3, -0.25) is 0 Å². The second kappa shape index (κ2) is 4.40. The van der Waals surface area contributed by atoms with Crippen molar-refractivity contribution in [2.45, 2.75) is 20.3 Å². The molecule has 0 fully saturated rings. The van der Waals surface area contributed by atoms with Crippen LogP contribution in [0.25, 0.3) is 11.2 Å². The molecule has 4 heteroatoms. The molecule has 80 valence electrons. The van der Waals surface area contributed by atoms with E-state index in [1.165, 1.54) is 5.56 Å². The largest absolute Gasteiger partial charge is 0.381 e. The first-order valence-corrected chi connectivity index (χ1v) is 5.19. The summed E-state index contributed by atoms with van der Waals surface area (Å²) in [4.78, 5) is 11.9. The summed E-state index contributed by atoms with van der Waals surface area (Å²) in [5, 5.41) is 0. The lowest BCUT2D eigenvalue weighted by molar-refractivity contribution is 0.149. The van der Waals surface area contributed by atoms with E-state index in [-0.39, 0.29) is 0 Å². The first kappa shape index (κ1) is 10.1. The Kier molecular flexibility index (Phi) is 2.97. The Balaban J connectivity index is 2.20. The third kappa shape index (κ3) is 2.15. The van der Waals surface area contributed by atoms with Crippen molar-refractivity contribution < 1.29 is 4.74 Å². The van der Waals surface area contributed by atoms with E-state index in [1.54, 1.807) is 6.20 Å². The van der Waals surface area contributed by atoms with E-state index in [4.69, 9.17) is 4.74 Å². The zero-order chi connectivity index (χ0) is 10.7. The summed E-state index contributed by atoms with van der Waals surface area (Å²) in [6, 6.07) is 1.98. The van der Waals surface area contributed by atoms with Crippen LogP contribution in [0.5, 0.6) is 0 Å². The van der Waals surface area contributed by atoms with E-state index >= 15 is 0 Å². The molecule has 0 unspecified atom stereocenters.